The normalized spacial score (nSPS) is 18.1. The molecule has 1 fully saturated rings. The number of piperazine rings is 1. The van der Waals surface area contributed by atoms with Crippen LogP contribution in [0.25, 0.3) is 0 Å². The van der Waals surface area contributed by atoms with Crippen LogP contribution in [-0.2, 0) is 0 Å². The highest BCUT2D eigenvalue weighted by Crippen LogP contribution is 2.15. The van der Waals surface area contributed by atoms with Gasteiger partial charge < -0.3 is 4.90 Å². The Morgan fingerprint density at radius 3 is 2.53 bits per heavy atom. The number of aryl methyl sites for hydroxylation is 1. The van der Waals surface area contributed by atoms with Crippen LogP contribution in [0.4, 0.5) is 5.82 Å². The summed E-state index contributed by atoms with van der Waals surface area (Å²) in [5.74, 6) is 0.939. The van der Waals surface area contributed by atoms with E-state index in [4.69, 9.17) is 0 Å². The van der Waals surface area contributed by atoms with Gasteiger partial charge in [-0.1, -0.05) is 13.3 Å². The first kappa shape index (κ1) is 13.8. The molecule has 5 nitrogen and oxygen atoms in total. The molecule has 0 saturated carbocycles. The highest BCUT2D eigenvalue weighted by Gasteiger charge is 2.23. The number of anilines is 1. The zero-order valence-electron chi connectivity index (χ0n) is 11.7. The molecule has 0 aromatic carbocycles. The standard InChI is InChI=1S/C14H21N5/c1-3-4-13(11-15)18-7-9-19(10-8-18)14-6-5-12(2)16-17-14/h5-6,13H,3-4,7-10H2,1-2H3. The first-order valence-electron chi connectivity index (χ1n) is 6.93. The molecular formula is C14H21N5. The Kier molecular flexibility index (Phi) is 4.69. The first-order valence-corrected chi connectivity index (χ1v) is 6.93. The van der Waals surface area contributed by atoms with Gasteiger partial charge in [0.15, 0.2) is 5.82 Å². The predicted octanol–water partition coefficient (Wildman–Crippen LogP) is 1.60. The minimum Gasteiger partial charge on any atom is -0.353 e. The number of nitriles is 1. The van der Waals surface area contributed by atoms with Crippen molar-refractivity contribution in [3.8, 4) is 6.07 Å². The van der Waals surface area contributed by atoms with E-state index in [1.165, 1.54) is 0 Å². The Hall–Kier alpha value is -1.67. The van der Waals surface area contributed by atoms with Crippen LogP contribution >= 0.6 is 0 Å². The van der Waals surface area contributed by atoms with Gasteiger partial charge in [0.25, 0.3) is 0 Å². The molecular weight excluding hydrogens is 238 g/mol. The van der Waals surface area contributed by atoms with Crippen molar-refractivity contribution in [1.82, 2.24) is 15.1 Å². The Morgan fingerprint density at radius 1 is 1.26 bits per heavy atom. The maximum absolute atomic E-state index is 9.20. The summed E-state index contributed by atoms with van der Waals surface area (Å²) in [6.07, 6.45) is 2.02. The summed E-state index contributed by atoms with van der Waals surface area (Å²) in [6, 6.07) is 6.49. The lowest BCUT2D eigenvalue weighted by Crippen LogP contribution is -2.50. The molecule has 0 spiro atoms. The fourth-order valence-electron chi connectivity index (χ4n) is 2.43. The lowest BCUT2D eigenvalue weighted by Gasteiger charge is -2.37. The molecule has 1 aromatic heterocycles. The fraction of sp³-hybridized carbons (Fsp3) is 0.643. The van der Waals surface area contributed by atoms with Crippen LogP contribution in [0.5, 0.6) is 0 Å². The third-order valence-electron chi connectivity index (χ3n) is 3.57. The number of nitrogens with zero attached hydrogens (tertiary/aromatic N) is 5. The predicted molar refractivity (Wildman–Crippen MR) is 74.9 cm³/mol. The molecule has 1 unspecified atom stereocenters. The van der Waals surface area contributed by atoms with Crippen LogP contribution in [0.15, 0.2) is 12.1 Å². The average molecular weight is 259 g/mol. The van der Waals surface area contributed by atoms with E-state index in [2.05, 4.69) is 33.0 Å². The van der Waals surface area contributed by atoms with Gasteiger partial charge in [-0.25, -0.2) is 0 Å². The summed E-state index contributed by atoms with van der Waals surface area (Å²) >= 11 is 0. The molecule has 0 amide bonds. The molecule has 1 atom stereocenters. The van der Waals surface area contributed by atoms with E-state index in [-0.39, 0.29) is 6.04 Å². The van der Waals surface area contributed by atoms with Gasteiger partial charge in [-0.05, 0) is 25.5 Å². The van der Waals surface area contributed by atoms with Gasteiger partial charge in [-0.15, -0.1) is 5.10 Å². The molecule has 0 bridgehead atoms. The summed E-state index contributed by atoms with van der Waals surface area (Å²) < 4.78 is 0. The van der Waals surface area contributed by atoms with Crippen LogP contribution in [0.1, 0.15) is 25.5 Å². The Balaban J connectivity index is 1.92. The largest absolute Gasteiger partial charge is 0.353 e. The molecule has 0 radical (unpaired) electrons. The van der Waals surface area contributed by atoms with Crippen molar-refractivity contribution >= 4 is 5.82 Å². The van der Waals surface area contributed by atoms with Crippen LogP contribution < -0.4 is 4.90 Å². The quantitative estimate of drug-likeness (QED) is 0.822. The van der Waals surface area contributed by atoms with Crippen LogP contribution in [0.2, 0.25) is 0 Å². The summed E-state index contributed by atoms with van der Waals surface area (Å²) in [5.41, 5.74) is 0.940. The second-order valence-electron chi connectivity index (χ2n) is 4.99. The molecule has 2 heterocycles. The minimum absolute atomic E-state index is 0.0660. The molecule has 1 aliphatic rings. The highest BCUT2D eigenvalue weighted by molar-refractivity contribution is 5.37. The molecule has 5 heteroatoms. The lowest BCUT2D eigenvalue weighted by molar-refractivity contribution is 0.211. The molecule has 0 N–H and O–H groups in total. The molecule has 0 aliphatic carbocycles. The lowest BCUT2D eigenvalue weighted by atomic mass is 10.1. The van der Waals surface area contributed by atoms with Crippen molar-refractivity contribution in [2.24, 2.45) is 0 Å². The van der Waals surface area contributed by atoms with Crippen LogP contribution in [-0.4, -0.2) is 47.3 Å². The van der Waals surface area contributed by atoms with E-state index in [1.54, 1.807) is 0 Å². The SMILES string of the molecule is CCCC(C#N)N1CCN(c2ccc(C)nn2)CC1. The van der Waals surface area contributed by atoms with E-state index in [1.807, 2.05) is 19.1 Å². The van der Waals surface area contributed by atoms with Crippen molar-refractivity contribution in [1.29, 1.82) is 5.26 Å². The Bertz CT molecular complexity index is 428. The number of rotatable bonds is 4. The van der Waals surface area contributed by atoms with Gasteiger partial charge in [0.05, 0.1) is 17.8 Å². The Labute approximate surface area is 114 Å². The summed E-state index contributed by atoms with van der Waals surface area (Å²) in [4.78, 5) is 4.52. The monoisotopic (exact) mass is 259 g/mol. The maximum atomic E-state index is 9.20. The van der Waals surface area contributed by atoms with Crippen LogP contribution in [0, 0.1) is 18.3 Å². The molecule has 1 aliphatic heterocycles. The second-order valence-corrected chi connectivity index (χ2v) is 4.99. The zero-order valence-corrected chi connectivity index (χ0v) is 11.7. The molecule has 102 valence electrons. The first-order chi connectivity index (χ1) is 9.24. The molecule has 1 aromatic rings. The number of hydrogen-bond acceptors (Lipinski definition) is 5. The smallest absolute Gasteiger partial charge is 0.151 e. The summed E-state index contributed by atoms with van der Waals surface area (Å²) in [5, 5.41) is 17.5. The van der Waals surface area contributed by atoms with Gasteiger partial charge in [0.2, 0.25) is 0 Å². The minimum atomic E-state index is 0.0660. The van der Waals surface area contributed by atoms with Gasteiger partial charge in [-0.3, -0.25) is 4.90 Å². The maximum Gasteiger partial charge on any atom is 0.151 e. The van der Waals surface area contributed by atoms with E-state index in [0.29, 0.717) is 0 Å². The van der Waals surface area contributed by atoms with Crippen molar-refractivity contribution in [3.63, 3.8) is 0 Å². The van der Waals surface area contributed by atoms with Crippen molar-refractivity contribution < 1.29 is 0 Å². The third kappa shape index (κ3) is 3.42. The third-order valence-corrected chi connectivity index (χ3v) is 3.57. The number of aromatic nitrogens is 2. The highest BCUT2D eigenvalue weighted by atomic mass is 15.3. The van der Waals surface area contributed by atoms with Gasteiger partial charge >= 0.3 is 0 Å². The van der Waals surface area contributed by atoms with Gasteiger partial charge in [-0.2, -0.15) is 10.4 Å². The van der Waals surface area contributed by atoms with E-state index in [0.717, 1.165) is 50.5 Å². The van der Waals surface area contributed by atoms with E-state index >= 15 is 0 Å². The van der Waals surface area contributed by atoms with Gasteiger partial charge in [0.1, 0.15) is 0 Å². The molecule has 1 saturated heterocycles. The van der Waals surface area contributed by atoms with Crippen molar-refractivity contribution in [2.45, 2.75) is 32.7 Å². The second kappa shape index (κ2) is 6.48. The summed E-state index contributed by atoms with van der Waals surface area (Å²) in [6.45, 7) is 7.75. The fourth-order valence-corrected chi connectivity index (χ4v) is 2.43. The van der Waals surface area contributed by atoms with Crippen LogP contribution in [0.3, 0.4) is 0 Å². The molecule has 2 rings (SSSR count). The zero-order chi connectivity index (χ0) is 13.7. The topological polar surface area (TPSA) is 56.1 Å². The number of hydrogen-bond donors (Lipinski definition) is 0. The summed E-state index contributed by atoms with van der Waals surface area (Å²) in [7, 11) is 0. The molecule has 19 heavy (non-hydrogen) atoms. The van der Waals surface area contributed by atoms with E-state index in [9.17, 15) is 5.26 Å². The van der Waals surface area contributed by atoms with Crippen molar-refractivity contribution in [2.75, 3.05) is 31.1 Å². The van der Waals surface area contributed by atoms with E-state index < -0.39 is 0 Å². The Morgan fingerprint density at radius 2 is 2.00 bits per heavy atom. The van der Waals surface area contributed by atoms with Crippen molar-refractivity contribution in [3.05, 3.63) is 17.8 Å². The van der Waals surface area contributed by atoms with Gasteiger partial charge in [0, 0.05) is 26.2 Å². The average Bonchev–Trinajstić information content (AvgIpc) is 2.46.